The van der Waals surface area contributed by atoms with Crippen LogP contribution in [0.3, 0.4) is 0 Å². The molecule has 1 aromatic carbocycles. The van der Waals surface area contributed by atoms with Crippen molar-refractivity contribution in [2.24, 2.45) is 0 Å². The minimum Gasteiger partial charge on any atom is -0.295 e. The SMILES string of the molecule is C=CC(=O)CCCc1ccccc1C. The van der Waals surface area contributed by atoms with E-state index in [1.807, 2.05) is 12.1 Å². The van der Waals surface area contributed by atoms with E-state index in [2.05, 4.69) is 25.6 Å². The molecule has 0 fully saturated rings. The van der Waals surface area contributed by atoms with Gasteiger partial charge in [0.1, 0.15) is 0 Å². The summed E-state index contributed by atoms with van der Waals surface area (Å²) < 4.78 is 0. The first-order chi connectivity index (χ1) is 6.74. The molecule has 0 N–H and O–H groups in total. The van der Waals surface area contributed by atoms with E-state index in [0.29, 0.717) is 6.42 Å². The molecule has 0 spiro atoms. The summed E-state index contributed by atoms with van der Waals surface area (Å²) in [5.74, 6) is 0.138. The molecule has 0 aliphatic heterocycles. The number of rotatable bonds is 5. The molecule has 0 aliphatic rings. The second-order valence-corrected chi connectivity index (χ2v) is 3.45. The molecule has 0 atom stereocenters. The number of carbonyl (C=O) groups is 1. The fourth-order valence-corrected chi connectivity index (χ4v) is 1.45. The van der Waals surface area contributed by atoms with E-state index in [1.54, 1.807) is 0 Å². The molecular weight excluding hydrogens is 172 g/mol. The van der Waals surface area contributed by atoms with Gasteiger partial charge in [-0.2, -0.15) is 0 Å². The first kappa shape index (κ1) is 10.7. The summed E-state index contributed by atoms with van der Waals surface area (Å²) >= 11 is 0. The zero-order chi connectivity index (χ0) is 10.4. The van der Waals surface area contributed by atoms with Gasteiger partial charge in [0.15, 0.2) is 5.78 Å². The summed E-state index contributed by atoms with van der Waals surface area (Å²) in [4.78, 5) is 11.0. The third-order valence-corrected chi connectivity index (χ3v) is 2.36. The molecule has 0 unspecified atom stereocenters. The van der Waals surface area contributed by atoms with E-state index < -0.39 is 0 Å². The van der Waals surface area contributed by atoms with E-state index in [9.17, 15) is 4.79 Å². The van der Waals surface area contributed by atoms with Gasteiger partial charge in [-0.15, -0.1) is 0 Å². The molecule has 1 nitrogen and oxygen atoms in total. The highest BCUT2D eigenvalue weighted by Crippen LogP contribution is 2.10. The van der Waals surface area contributed by atoms with Gasteiger partial charge in [0, 0.05) is 6.42 Å². The van der Waals surface area contributed by atoms with E-state index in [4.69, 9.17) is 0 Å². The zero-order valence-corrected chi connectivity index (χ0v) is 8.62. The van der Waals surface area contributed by atoms with Gasteiger partial charge in [0.2, 0.25) is 0 Å². The number of ketones is 1. The van der Waals surface area contributed by atoms with Crippen molar-refractivity contribution < 1.29 is 4.79 Å². The summed E-state index contributed by atoms with van der Waals surface area (Å²) in [7, 11) is 0. The van der Waals surface area contributed by atoms with Gasteiger partial charge in [-0.3, -0.25) is 4.79 Å². The summed E-state index contributed by atoms with van der Waals surface area (Å²) in [5.41, 5.74) is 2.64. The van der Waals surface area contributed by atoms with Crippen LogP contribution in [-0.2, 0) is 11.2 Å². The fraction of sp³-hybridized carbons (Fsp3) is 0.308. The first-order valence-electron chi connectivity index (χ1n) is 4.94. The molecule has 74 valence electrons. The van der Waals surface area contributed by atoms with Crippen molar-refractivity contribution in [1.82, 2.24) is 0 Å². The third kappa shape index (κ3) is 3.17. The topological polar surface area (TPSA) is 17.1 Å². The van der Waals surface area contributed by atoms with Gasteiger partial charge in [0.25, 0.3) is 0 Å². The van der Waals surface area contributed by atoms with Crippen LogP contribution in [0.4, 0.5) is 0 Å². The van der Waals surface area contributed by atoms with Gasteiger partial charge in [-0.25, -0.2) is 0 Å². The number of carbonyl (C=O) groups excluding carboxylic acids is 1. The maximum Gasteiger partial charge on any atom is 0.155 e. The molecule has 0 amide bonds. The standard InChI is InChI=1S/C13H16O/c1-3-13(14)10-6-9-12-8-5-4-7-11(12)2/h3-5,7-8H,1,6,9-10H2,2H3. The summed E-state index contributed by atoms with van der Waals surface area (Å²) in [6.07, 6.45) is 3.90. The van der Waals surface area contributed by atoms with Crippen LogP contribution < -0.4 is 0 Å². The van der Waals surface area contributed by atoms with Crippen molar-refractivity contribution in [3.8, 4) is 0 Å². The summed E-state index contributed by atoms with van der Waals surface area (Å²) in [6, 6.07) is 8.30. The van der Waals surface area contributed by atoms with E-state index >= 15 is 0 Å². The first-order valence-corrected chi connectivity index (χ1v) is 4.94. The second-order valence-electron chi connectivity index (χ2n) is 3.45. The predicted octanol–water partition coefficient (Wildman–Crippen LogP) is 3.07. The summed E-state index contributed by atoms with van der Waals surface area (Å²) in [6.45, 7) is 5.56. The lowest BCUT2D eigenvalue weighted by Crippen LogP contribution is -1.95. The van der Waals surface area contributed by atoms with Crippen LogP contribution in [0.2, 0.25) is 0 Å². The smallest absolute Gasteiger partial charge is 0.155 e. The lowest BCUT2D eigenvalue weighted by molar-refractivity contribution is -0.114. The Morgan fingerprint density at radius 2 is 2.14 bits per heavy atom. The largest absolute Gasteiger partial charge is 0.295 e. The number of hydrogen-bond donors (Lipinski definition) is 0. The Morgan fingerprint density at radius 1 is 1.43 bits per heavy atom. The molecule has 0 heterocycles. The molecule has 14 heavy (non-hydrogen) atoms. The Bertz CT molecular complexity index is 326. The quantitative estimate of drug-likeness (QED) is 0.649. The van der Waals surface area contributed by atoms with E-state index in [1.165, 1.54) is 17.2 Å². The number of aryl methyl sites for hydroxylation is 2. The van der Waals surface area contributed by atoms with Crippen LogP contribution in [0.5, 0.6) is 0 Å². The monoisotopic (exact) mass is 188 g/mol. The van der Waals surface area contributed by atoms with Crippen LogP contribution in [0, 0.1) is 6.92 Å². The Kier molecular flexibility index (Phi) is 4.11. The van der Waals surface area contributed by atoms with Crippen molar-refractivity contribution >= 4 is 5.78 Å². The summed E-state index contributed by atoms with van der Waals surface area (Å²) in [5, 5.41) is 0. The Hall–Kier alpha value is -1.37. The maximum atomic E-state index is 11.0. The van der Waals surface area contributed by atoms with Crippen molar-refractivity contribution in [1.29, 1.82) is 0 Å². The maximum absolute atomic E-state index is 11.0. The van der Waals surface area contributed by atoms with Gasteiger partial charge >= 0.3 is 0 Å². The average Bonchev–Trinajstić information content (AvgIpc) is 2.20. The van der Waals surface area contributed by atoms with E-state index in [-0.39, 0.29) is 5.78 Å². The van der Waals surface area contributed by atoms with Crippen LogP contribution in [0.25, 0.3) is 0 Å². The van der Waals surface area contributed by atoms with Crippen LogP contribution in [-0.4, -0.2) is 5.78 Å². The molecule has 0 saturated heterocycles. The average molecular weight is 188 g/mol. The van der Waals surface area contributed by atoms with Gasteiger partial charge < -0.3 is 0 Å². The molecular formula is C13H16O. The van der Waals surface area contributed by atoms with E-state index in [0.717, 1.165) is 12.8 Å². The van der Waals surface area contributed by atoms with Gasteiger partial charge in [-0.05, 0) is 37.0 Å². The highest BCUT2D eigenvalue weighted by molar-refractivity contribution is 5.88. The number of benzene rings is 1. The molecule has 0 saturated carbocycles. The molecule has 0 aromatic heterocycles. The van der Waals surface area contributed by atoms with Crippen LogP contribution in [0.1, 0.15) is 24.0 Å². The molecule has 1 heteroatoms. The Labute approximate surface area is 85.5 Å². The minimum absolute atomic E-state index is 0.138. The number of allylic oxidation sites excluding steroid dienone is 1. The molecule has 0 aliphatic carbocycles. The lowest BCUT2D eigenvalue weighted by Gasteiger charge is -2.03. The lowest BCUT2D eigenvalue weighted by atomic mass is 10.0. The minimum atomic E-state index is 0.138. The van der Waals surface area contributed by atoms with Crippen molar-refractivity contribution in [2.75, 3.05) is 0 Å². The van der Waals surface area contributed by atoms with Crippen molar-refractivity contribution in [3.63, 3.8) is 0 Å². The van der Waals surface area contributed by atoms with Gasteiger partial charge in [-0.1, -0.05) is 30.8 Å². The van der Waals surface area contributed by atoms with Crippen LogP contribution >= 0.6 is 0 Å². The van der Waals surface area contributed by atoms with Gasteiger partial charge in [0.05, 0.1) is 0 Å². The molecule has 0 bridgehead atoms. The molecule has 1 aromatic rings. The fourth-order valence-electron chi connectivity index (χ4n) is 1.45. The molecule has 1 rings (SSSR count). The zero-order valence-electron chi connectivity index (χ0n) is 8.62. The Morgan fingerprint density at radius 3 is 2.79 bits per heavy atom. The van der Waals surface area contributed by atoms with Crippen LogP contribution in [0.15, 0.2) is 36.9 Å². The Balaban J connectivity index is 2.42. The molecule has 0 radical (unpaired) electrons. The second kappa shape index (κ2) is 5.38. The third-order valence-electron chi connectivity index (χ3n) is 2.36. The highest BCUT2D eigenvalue weighted by Gasteiger charge is 1.99. The van der Waals surface area contributed by atoms with Crippen molar-refractivity contribution in [2.45, 2.75) is 26.2 Å². The predicted molar refractivity (Wildman–Crippen MR) is 59.3 cm³/mol. The van der Waals surface area contributed by atoms with Crippen molar-refractivity contribution in [3.05, 3.63) is 48.0 Å². The number of hydrogen-bond acceptors (Lipinski definition) is 1. The normalized spacial score (nSPS) is 9.79. The highest BCUT2D eigenvalue weighted by atomic mass is 16.1.